The number of hydrogen-bond donors (Lipinski definition) is 1. The zero-order chi connectivity index (χ0) is 17.1. The fourth-order valence-corrected chi connectivity index (χ4v) is 3.70. The highest BCUT2D eigenvalue weighted by atomic mass is 32.2. The van der Waals surface area contributed by atoms with E-state index in [9.17, 15) is 4.79 Å². The van der Waals surface area contributed by atoms with Gasteiger partial charge in [0.25, 0.3) is 0 Å². The molecule has 4 aromatic rings. The third kappa shape index (κ3) is 3.57. The molecule has 0 unspecified atom stereocenters. The lowest BCUT2D eigenvalue weighted by Gasteiger charge is -2.04. The smallest absolute Gasteiger partial charge is 0.338 e. The average molecular weight is 371 g/mol. The van der Waals surface area contributed by atoms with Crippen LogP contribution in [0.1, 0.15) is 11.5 Å². The molecule has 7 nitrogen and oxygen atoms in total. The van der Waals surface area contributed by atoms with Crippen molar-refractivity contribution in [3.63, 3.8) is 0 Å². The number of nitrogens with zero attached hydrogens (tertiary/aromatic N) is 4. The van der Waals surface area contributed by atoms with Gasteiger partial charge in [0.1, 0.15) is 0 Å². The van der Waals surface area contributed by atoms with Crippen LogP contribution in [0.25, 0.3) is 10.7 Å². The summed E-state index contributed by atoms with van der Waals surface area (Å²) in [6.45, 7) is 0.461. The maximum Gasteiger partial charge on any atom is 0.344 e. The van der Waals surface area contributed by atoms with Crippen LogP contribution >= 0.6 is 23.1 Å². The van der Waals surface area contributed by atoms with E-state index in [0.29, 0.717) is 29.2 Å². The summed E-state index contributed by atoms with van der Waals surface area (Å²) >= 11 is 2.93. The fraction of sp³-hybridized carbons (Fsp3) is 0.125. The molecule has 0 atom stereocenters. The quantitative estimate of drug-likeness (QED) is 0.524. The molecule has 25 heavy (non-hydrogen) atoms. The Bertz CT molecular complexity index is 1000. The lowest BCUT2D eigenvalue weighted by atomic mass is 10.2. The summed E-state index contributed by atoms with van der Waals surface area (Å²) in [5.41, 5.74) is 0.793. The summed E-state index contributed by atoms with van der Waals surface area (Å²) in [4.78, 5) is 17.3. The topological polar surface area (TPSA) is 89.6 Å². The average Bonchev–Trinajstić information content (AvgIpc) is 3.37. The Kier molecular flexibility index (Phi) is 4.49. The summed E-state index contributed by atoms with van der Waals surface area (Å²) in [6.07, 6.45) is 0. The van der Waals surface area contributed by atoms with Gasteiger partial charge in [-0.15, -0.1) is 16.4 Å². The number of benzene rings is 1. The van der Waals surface area contributed by atoms with Crippen LogP contribution in [0.5, 0.6) is 0 Å². The highest BCUT2D eigenvalue weighted by molar-refractivity contribution is 7.98. The Hall–Kier alpha value is -2.65. The largest absolute Gasteiger partial charge is 0.344 e. The number of hydrogen-bond acceptors (Lipinski definition) is 7. The SMILES string of the molecule is O=c1[nH]nc(SCc2nc(-c3cccs3)no2)n1Cc1ccccc1. The van der Waals surface area contributed by atoms with Crippen molar-refractivity contribution in [3.05, 3.63) is 69.8 Å². The van der Waals surface area contributed by atoms with E-state index >= 15 is 0 Å². The molecule has 3 heterocycles. The van der Waals surface area contributed by atoms with Crippen LogP contribution in [0, 0.1) is 0 Å². The molecule has 9 heteroatoms. The normalized spacial score (nSPS) is 11.0. The van der Waals surface area contributed by atoms with Gasteiger partial charge in [0, 0.05) is 0 Å². The van der Waals surface area contributed by atoms with Crippen LogP contribution in [-0.2, 0) is 12.3 Å². The number of aromatic nitrogens is 5. The molecular formula is C16H13N5O2S2. The third-order valence-electron chi connectivity index (χ3n) is 3.44. The summed E-state index contributed by atoms with van der Waals surface area (Å²) in [6, 6.07) is 13.7. The summed E-state index contributed by atoms with van der Waals surface area (Å²) in [5, 5.41) is 13.1. The number of thioether (sulfide) groups is 1. The number of rotatable bonds is 6. The predicted octanol–water partition coefficient (Wildman–Crippen LogP) is 3.02. The molecule has 0 aliphatic heterocycles. The van der Waals surface area contributed by atoms with Gasteiger partial charge in [0.05, 0.1) is 17.2 Å². The van der Waals surface area contributed by atoms with Gasteiger partial charge >= 0.3 is 5.69 Å². The standard InChI is InChI=1S/C16H13N5O2S2/c22-15-18-19-16(21(15)9-11-5-2-1-3-6-11)25-10-13-17-14(20-23-13)12-7-4-8-24-12/h1-8H,9-10H2,(H,18,22). The number of H-pyrrole nitrogens is 1. The van der Waals surface area contributed by atoms with Crippen molar-refractivity contribution >= 4 is 23.1 Å². The van der Waals surface area contributed by atoms with E-state index in [0.717, 1.165) is 10.4 Å². The molecular weight excluding hydrogens is 358 g/mol. The highest BCUT2D eigenvalue weighted by Gasteiger charge is 2.13. The van der Waals surface area contributed by atoms with Crippen LogP contribution in [0.2, 0.25) is 0 Å². The first kappa shape index (κ1) is 15.9. The number of aromatic amines is 1. The van der Waals surface area contributed by atoms with E-state index in [1.54, 1.807) is 15.9 Å². The van der Waals surface area contributed by atoms with Gasteiger partial charge in [-0.05, 0) is 17.0 Å². The molecule has 126 valence electrons. The monoisotopic (exact) mass is 371 g/mol. The van der Waals surface area contributed by atoms with E-state index < -0.39 is 0 Å². The zero-order valence-electron chi connectivity index (χ0n) is 13.0. The van der Waals surface area contributed by atoms with Crippen LogP contribution in [0.15, 0.2) is 62.3 Å². The molecule has 0 fully saturated rings. The molecule has 0 saturated carbocycles. The van der Waals surface area contributed by atoms with Gasteiger partial charge in [0.2, 0.25) is 11.7 Å². The summed E-state index contributed by atoms with van der Waals surface area (Å²) in [5.74, 6) is 1.52. The Morgan fingerprint density at radius 2 is 2.08 bits per heavy atom. The van der Waals surface area contributed by atoms with Gasteiger partial charge < -0.3 is 4.52 Å². The molecule has 0 bridgehead atoms. The minimum atomic E-state index is -0.240. The number of thiophene rings is 1. The first-order valence-electron chi connectivity index (χ1n) is 7.48. The van der Waals surface area contributed by atoms with Gasteiger partial charge in [-0.2, -0.15) is 4.98 Å². The van der Waals surface area contributed by atoms with Crippen molar-refractivity contribution in [1.82, 2.24) is 24.9 Å². The van der Waals surface area contributed by atoms with Crippen molar-refractivity contribution in [2.24, 2.45) is 0 Å². The zero-order valence-corrected chi connectivity index (χ0v) is 14.6. The summed E-state index contributed by atoms with van der Waals surface area (Å²) in [7, 11) is 0. The van der Waals surface area contributed by atoms with Gasteiger partial charge in [-0.1, -0.05) is 53.3 Å². The maximum absolute atomic E-state index is 12.0. The van der Waals surface area contributed by atoms with Gasteiger partial charge in [0.15, 0.2) is 5.16 Å². The van der Waals surface area contributed by atoms with E-state index in [4.69, 9.17) is 4.52 Å². The molecule has 1 aromatic carbocycles. The molecule has 4 rings (SSSR count). The first-order chi connectivity index (χ1) is 12.3. The molecule has 0 spiro atoms. The van der Waals surface area contributed by atoms with Crippen molar-refractivity contribution < 1.29 is 4.52 Å². The van der Waals surface area contributed by atoms with E-state index in [1.807, 2.05) is 47.8 Å². The van der Waals surface area contributed by atoms with Gasteiger partial charge in [-0.25, -0.2) is 9.89 Å². The second kappa shape index (κ2) is 7.08. The van der Waals surface area contributed by atoms with E-state index in [1.165, 1.54) is 11.8 Å². The lowest BCUT2D eigenvalue weighted by Crippen LogP contribution is -2.18. The maximum atomic E-state index is 12.0. The molecule has 0 saturated heterocycles. The lowest BCUT2D eigenvalue weighted by molar-refractivity contribution is 0.391. The van der Waals surface area contributed by atoms with Crippen LogP contribution in [-0.4, -0.2) is 24.9 Å². The van der Waals surface area contributed by atoms with E-state index in [2.05, 4.69) is 20.3 Å². The second-order valence-corrected chi connectivity index (χ2v) is 7.05. The van der Waals surface area contributed by atoms with E-state index in [-0.39, 0.29) is 5.69 Å². The van der Waals surface area contributed by atoms with Crippen molar-refractivity contribution in [2.75, 3.05) is 0 Å². The van der Waals surface area contributed by atoms with Crippen LogP contribution in [0.3, 0.4) is 0 Å². The Morgan fingerprint density at radius 3 is 2.88 bits per heavy atom. The molecule has 1 N–H and O–H groups in total. The van der Waals surface area contributed by atoms with Gasteiger partial charge in [-0.3, -0.25) is 4.57 Å². The van der Waals surface area contributed by atoms with Crippen LogP contribution in [0.4, 0.5) is 0 Å². The Morgan fingerprint density at radius 1 is 1.20 bits per heavy atom. The second-order valence-electron chi connectivity index (χ2n) is 5.16. The molecule has 0 amide bonds. The van der Waals surface area contributed by atoms with Crippen molar-refractivity contribution in [2.45, 2.75) is 17.5 Å². The molecule has 0 radical (unpaired) electrons. The molecule has 0 aliphatic rings. The fourth-order valence-electron chi connectivity index (χ4n) is 2.26. The number of nitrogens with one attached hydrogen (secondary N) is 1. The Labute approximate surface area is 150 Å². The Balaban J connectivity index is 1.48. The minimum Gasteiger partial charge on any atom is -0.338 e. The minimum absolute atomic E-state index is 0.240. The third-order valence-corrected chi connectivity index (χ3v) is 5.27. The highest BCUT2D eigenvalue weighted by Crippen LogP contribution is 2.24. The first-order valence-corrected chi connectivity index (χ1v) is 9.34. The summed E-state index contributed by atoms with van der Waals surface area (Å²) < 4.78 is 6.87. The molecule has 3 aromatic heterocycles. The van der Waals surface area contributed by atoms with Crippen molar-refractivity contribution in [1.29, 1.82) is 0 Å². The predicted molar refractivity (Wildman–Crippen MR) is 95.6 cm³/mol. The van der Waals surface area contributed by atoms with Crippen LogP contribution < -0.4 is 5.69 Å². The van der Waals surface area contributed by atoms with Crippen molar-refractivity contribution in [3.8, 4) is 10.7 Å². The molecule has 0 aliphatic carbocycles.